The van der Waals surface area contributed by atoms with Crippen molar-refractivity contribution in [3.63, 3.8) is 0 Å². The summed E-state index contributed by atoms with van der Waals surface area (Å²) < 4.78 is 0. The molecule has 0 fully saturated rings. The highest BCUT2D eigenvalue weighted by molar-refractivity contribution is 5.90. The summed E-state index contributed by atoms with van der Waals surface area (Å²) in [6.45, 7) is 8.75. The maximum atomic E-state index is 11.7. The Hall–Kier alpha value is -1.65. The molecule has 5 heteroatoms. The van der Waals surface area contributed by atoms with Crippen molar-refractivity contribution in [3.8, 4) is 0 Å². The Morgan fingerprint density at radius 1 is 1.71 bits per heavy atom. The Bertz CT molecular complexity index is 318. The zero-order chi connectivity index (χ0) is 10.6. The van der Waals surface area contributed by atoms with Crippen LogP contribution in [0.3, 0.4) is 0 Å². The minimum Gasteiger partial charge on any atom is -0.332 e. The summed E-state index contributed by atoms with van der Waals surface area (Å²) in [4.78, 5) is 17.2. The molecular formula is C9H14N4O. The van der Waals surface area contributed by atoms with E-state index in [0.717, 1.165) is 5.57 Å². The van der Waals surface area contributed by atoms with Gasteiger partial charge in [0.15, 0.2) is 0 Å². The Morgan fingerprint density at radius 3 is 2.86 bits per heavy atom. The van der Waals surface area contributed by atoms with Crippen molar-refractivity contribution < 1.29 is 4.79 Å². The molecule has 0 saturated carbocycles. The fourth-order valence-corrected chi connectivity index (χ4v) is 1.11. The third kappa shape index (κ3) is 2.42. The minimum atomic E-state index is -0.145. The van der Waals surface area contributed by atoms with Gasteiger partial charge in [-0.3, -0.25) is 9.89 Å². The van der Waals surface area contributed by atoms with Crippen molar-refractivity contribution in [1.29, 1.82) is 0 Å². The topological polar surface area (TPSA) is 61.9 Å². The van der Waals surface area contributed by atoms with Gasteiger partial charge in [0.1, 0.15) is 6.33 Å². The number of hydrogen-bond acceptors (Lipinski definition) is 3. The van der Waals surface area contributed by atoms with E-state index in [4.69, 9.17) is 0 Å². The molecule has 1 heterocycles. The maximum Gasteiger partial charge on any atom is 0.291 e. The third-order valence-electron chi connectivity index (χ3n) is 1.75. The van der Waals surface area contributed by atoms with Gasteiger partial charge in [-0.25, -0.2) is 4.98 Å². The number of nitrogens with zero attached hydrogens (tertiary/aromatic N) is 3. The van der Waals surface area contributed by atoms with E-state index in [9.17, 15) is 4.79 Å². The molecule has 0 atom stereocenters. The molecule has 0 aromatic carbocycles. The second kappa shape index (κ2) is 4.55. The Balaban J connectivity index is 2.70. The molecule has 0 aliphatic heterocycles. The minimum absolute atomic E-state index is 0.145. The van der Waals surface area contributed by atoms with Crippen LogP contribution in [0, 0.1) is 0 Å². The molecule has 0 radical (unpaired) electrons. The normalized spacial score (nSPS) is 9.86. The first kappa shape index (κ1) is 10.4. The Morgan fingerprint density at radius 2 is 2.43 bits per heavy atom. The molecule has 0 saturated heterocycles. The van der Waals surface area contributed by atoms with Gasteiger partial charge in [-0.05, 0) is 13.8 Å². The van der Waals surface area contributed by atoms with Crippen molar-refractivity contribution in [2.75, 3.05) is 13.1 Å². The fourth-order valence-electron chi connectivity index (χ4n) is 1.11. The summed E-state index contributed by atoms with van der Waals surface area (Å²) in [7, 11) is 0. The molecule has 1 amide bonds. The lowest BCUT2D eigenvalue weighted by atomic mass is 10.3. The molecule has 5 nitrogen and oxygen atoms in total. The first-order valence-corrected chi connectivity index (χ1v) is 4.44. The SMILES string of the molecule is C=C(C)CN(CC)C(=O)c1ncn[nH]1. The third-order valence-corrected chi connectivity index (χ3v) is 1.75. The number of carbonyl (C=O) groups is 1. The van der Waals surface area contributed by atoms with Gasteiger partial charge < -0.3 is 4.90 Å². The van der Waals surface area contributed by atoms with Gasteiger partial charge in [0.2, 0.25) is 5.82 Å². The molecule has 76 valence electrons. The molecule has 0 aliphatic rings. The van der Waals surface area contributed by atoms with Crippen LogP contribution < -0.4 is 0 Å². The van der Waals surface area contributed by atoms with Crippen molar-refractivity contribution in [2.24, 2.45) is 0 Å². The number of aromatic nitrogens is 3. The summed E-state index contributed by atoms with van der Waals surface area (Å²) in [5.74, 6) is 0.126. The van der Waals surface area contributed by atoms with Gasteiger partial charge in [0, 0.05) is 13.1 Å². The number of rotatable bonds is 4. The highest BCUT2D eigenvalue weighted by atomic mass is 16.2. The monoisotopic (exact) mass is 194 g/mol. The molecule has 0 spiro atoms. The lowest BCUT2D eigenvalue weighted by Crippen LogP contribution is -2.32. The van der Waals surface area contributed by atoms with Gasteiger partial charge in [0.25, 0.3) is 5.91 Å². The van der Waals surface area contributed by atoms with Crippen LogP contribution in [0.5, 0.6) is 0 Å². The predicted molar refractivity (Wildman–Crippen MR) is 52.8 cm³/mol. The summed E-state index contributed by atoms with van der Waals surface area (Å²) >= 11 is 0. The number of amides is 1. The van der Waals surface area contributed by atoms with Crippen molar-refractivity contribution in [2.45, 2.75) is 13.8 Å². The van der Waals surface area contributed by atoms with E-state index >= 15 is 0 Å². The molecule has 1 rings (SSSR count). The summed E-state index contributed by atoms with van der Waals surface area (Å²) in [6.07, 6.45) is 1.32. The van der Waals surface area contributed by atoms with E-state index in [1.54, 1.807) is 4.90 Å². The summed E-state index contributed by atoms with van der Waals surface area (Å²) in [5, 5.41) is 6.18. The number of likely N-dealkylation sites (N-methyl/N-ethyl adjacent to an activating group) is 1. The van der Waals surface area contributed by atoms with Gasteiger partial charge in [-0.2, -0.15) is 5.10 Å². The van der Waals surface area contributed by atoms with Crippen LogP contribution in [0.1, 0.15) is 24.5 Å². The fraction of sp³-hybridized carbons (Fsp3) is 0.444. The largest absolute Gasteiger partial charge is 0.332 e. The Kier molecular flexibility index (Phi) is 3.39. The number of H-pyrrole nitrogens is 1. The molecule has 1 aromatic heterocycles. The second-order valence-electron chi connectivity index (χ2n) is 3.11. The lowest BCUT2D eigenvalue weighted by Gasteiger charge is -2.19. The maximum absolute atomic E-state index is 11.7. The molecule has 0 aliphatic carbocycles. The van der Waals surface area contributed by atoms with Crippen LogP contribution in [0.4, 0.5) is 0 Å². The van der Waals surface area contributed by atoms with Crippen molar-refractivity contribution >= 4 is 5.91 Å². The summed E-state index contributed by atoms with van der Waals surface area (Å²) in [6, 6.07) is 0. The van der Waals surface area contributed by atoms with Gasteiger partial charge >= 0.3 is 0 Å². The van der Waals surface area contributed by atoms with Gasteiger partial charge in [0.05, 0.1) is 0 Å². The highest BCUT2D eigenvalue weighted by Crippen LogP contribution is 2.00. The average Bonchev–Trinajstić information content (AvgIpc) is 2.65. The molecule has 1 N–H and O–H groups in total. The van der Waals surface area contributed by atoms with Gasteiger partial charge in [-0.1, -0.05) is 12.2 Å². The van der Waals surface area contributed by atoms with Crippen molar-refractivity contribution in [1.82, 2.24) is 20.1 Å². The first-order chi connectivity index (χ1) is 6.65. The van der Waals surface area contributed by atoms with Crippen LogP contribution in [-0.2, 0) is 0 Å². The number of nitrogens with one attached hydrogen (secondary N) is 1. The zero-order valence-corrected chi connectivity index (χ0v) is 8.45. The summed E-state index contributed by atoms with van der Waals surface area (Å²) in [5.41, 5.74) is 0.944. The molecule has 0 bridgehead atoms. The average molecular weight is 194 g/mol. The van der Waals surface area contributed by atoms with Crippen LogP contribution in [0.15, 0.2) is 18.5 Å². The zero-order valence-electron chi connectivity index (χ0n) is 8.45. The number of hydrogen-bond donors (Lipinski definition) is 1. The first-order valence-electron chi connectivity index (χ1n) is 4.44. The van der Waals surface area contributed by atoms with Crippen molar-refractivity contribution in [3.05, 3.63) is 24.3 Å². The number of aromatic amines is 1. The predicted octanol–water partition coefficient (Wildman–Crippen LogP) is 0.843. The number of carbonyl (C=O) groups excluding carboxylic acids is 1. The quantitative estimate of drug-likeness (QED) is 0.722. The van der Waals surface area contributed by atoms with Crippen LogP contribution in [0.25, 0.3) is 0 Å². The second-order valence-corrected chi connectivity index (χ2v) is 3.11. The van der Waals surface area contributed by atoms with E-state index in [-0.39, 0.29) is 11.7 Å². The smallest absolute Gasteiger partial charge is 0.291 e. The van der Waals surface area contributed by atoms with E-state index in [0.29, 0.717) is 13.1 Å². The Labute approximate surface area is 82.8 Å². The van der Waals surface area contributed by atoms with E-state index < -0.39 is 0 Å². The van der Waals surface area contributed by atoms with Crippen LogP contribution >= 0.6 is 0 Å². The lowest BCUT2D eigenvalue weighted by molar-refractivity contribution is 0.0766. The molecule has 14 heavy (non-hydrogen) atoms. The van der Waals surface area contributed by atoms with Crippen LogP contribution in [-0.4, -0.2) is 39.1 Å². The molecule has 0 unspecified atom stereocenters. The van der Waals surface area contributed by atoms with E-state index in [2.05, 4.69) is 21.8 Å². The van der Waals surface area contributed by atoms with E-state index in [1.165, 1.54) is 6.33 Å². The molecule has 1 aromatic rings. The van der Waals surface area contributed by atoms with Crippen LogP contribution in [0.2, 0.25) is 0 Å². The standard InChI is InChI=1S/C9H14N4O/c1-4-13(5-7(2)3)9(14)8-10-6-11-12-8/h6H,2,4-5H2,1,3H3,(H,10,11,12). The highest BCUT2D eigenvalue weighted by Gasteiger charge is 2.16. The van der Waals surface area contributed by atoms with E-state index in [1.807, 2.05) is 13.8 Å². The molecular weight excluding hydrogens is 180 g/mol. The van der Waals surface area contributed by atoms with Gasteiger partial charge in [-0.15, -0.1) is 0 Å².